The second-order valence-corrected chi connectivity index (χ2v) is 6.36. The van der Waals surface area contributed by atoms with Crippen LogP contribution >= 0.6 is 0 Å². The molecule has 0 bridgehead atoms. The fourth-order valence-corrected chi connectivity index (χ4v) is 3.77. The summed E-state index contributed by atoms with van der Waals surface area (Å²) >= 11 is 0. The standard InChI is InChI=1S/C15H31N3/c1-3-6-17-7-9-18(10-8-17)15-11-13(2)4-5-14(15)12-16/h13-15H,3-12,16H2,1-2H3. The van der Waals surface area contributed by atoms with Gasteiger partial charge in [0.15, 0.2) is 0 Å². The third-order valence-electron chi connectivity index (χ3n) is 4.94. The van der Waals surface area contributed by atoms with Gasteiger partial charge in [-0.25, -0.2) is 0 Å². The Bertz CT molecular complexity index is 236. The van der Waals surface area contributed by atoms with Crippen molar-refractivity contribution in [3.05, 3.63) is 0 Å². The summed E-state index contributed by atoms with van der Waals surface area (Å²) in [6, 6.07) is 0.766. The zero-order valence-electron chi connectivity index (χ0n) is 12.3. The molecule has 1 heterocycles. The molecule has 1 aliphatic heterocycles. The Balaban J connectivity index is 1.86. The molecule has 0 radical (unpaired) electrons. The summed E-state index contributed by atoms with van der Waals surface area (Å²) in [4.78, 5) is 5.35. The van der Waals surface area contributed by atoms with Gasteiger partial charge in [-0.15, -0.1) is 0 Å². The maximum Gasteiger partial charge on any atom is 0.0139 e. The van der Waals surface area contributed by atoms with E-state index < -0.39 is 0 Å². The van der Waals surface area contributed by atoms with Crippen molar-refractivity contribution in [3.63, 3.8) is 0 Å². The minimum atomic E-state index is 0.749. The van der Waals surface area contributed by atoms with Crippen molar-refractivity contribution >= 4 is 0 Å². The molecule has 2 fully saturated rings. The van der Waals surface area contributed by atoms with Gasteiger partial charge in [0, 0.05) is 32.2 Å². The van der Waals surface area contributed by atoms with Gasteiger partial charge in [0.2, 0.25) is 0 Å². The van der Waals surface area contributed by atoms with Crippen molar-refractivity contribution in [2.45, 2.75) is 45.6 Å². The number of nitrogens with two attached hydrogens (primary N) is 1. The highest BCUT2D eigenvalue weighted by molar-refractivity contribution is 4.88. The summed E-state index contributed by atoms with van der Waals surface area (Å²) in [5.74, 6) is 1.64. The fourth-order valence-electron chi connectivity index (χ4n) is 3.77. The molecule has 3 heteroatoms. The van der Waals surface area contributed by atoms with E-state index >= 15 is 0 Å². The summed E-state index contributed by atoms with van der Waals surface area (Å²) in [6.07, 6.45) is 5.38. The van der Waals surface area contributed by atoms with Crippen LogP contribution in [-0.2, 0) is 0 Å². The van der Waals surface area contributed by atoms with Gasteiger partial charge in [0.25, 0.3) is 0 Å². The van der Waals surface area contributed by atoms with Gasteiger partial charge in [0.1, 0.15) is 0 Å². The van der Waals surface area contributed by atoms with E-state index in [1.165, 1.54) is 58.4 Å². The average molecular weight is 253 g/mol. The smallest absolute Gasteiger partial charge is 0.0139 e. The number of hydrogen-bond acceptors (Lipinski definition) is 3. The quantitative estimate of drug-likeness (QED) is 0.829. The van der Waals surface area contributed by atoms with Crippen LogP contribution in [0.3, 0.4) is 0 Å². The van der Waals surface area contributed by atoms with E-state index in [9.17, 15) is 0 Å². The lowest BCUT2D eigenvalue weighted by atomic mass is 9.78. The Morgan fingerprint density at radius 1 is 1.11 bits per heavy atom. The molecule has 106 valence electrons. The Kier molecular flexibility index (Phi) is 5.46. The second-order valence-electron chi connectivity index (χ2n) is 6.36. The lowest BCUT2D eigenvalue weighted by Crippen LogP contribution is -2.54. The minimum Gasteiger partial charge on any atom is -0.330 e. The molecule has 3 unspecified atom stereocenters. The SMILES string of the molecule is CCCN1CCN(C2CC(C)CCC2CN)CC1. The maximum atomic E-state index is 5.98. The minimum absolute atomic E-state index is 0.749. The second kappa shape index (κ2) is 6.88. The van der Waals surface area contributed by atoms with E-state index in [0.717, 1.165) is 24.4 Å². The first-order valence-corrected chi connectivity index (χ1v) is 7.91. The van der Waals surface area contributed by atoms with Gasteiger partial charge in [-0.1, -0.05) is 20.3 Å². The van der Waals surface area contributed by atoms with Crippen LogP contribution < -0.4 is 5.73 Å². The summed E-state index contributed by atoms with van der Waals surface area (Å²) in [5.41, 5.74) is 5.98. The predicted molar refractivity (Wildman–Crippen MR) is 77.7 cm³/mol. The van der Waals surface area contributed by atoms with Crippen molar-refractivity contribution < 1.29 is 0 Å². The molecule has 0 spiro atoms. The molecule has 0 aromatic rings. The Hall–Kier alpha value is -0.120. The molecule has 2 N–H and O–H groups in total. The lowest BCUT2D eigenvalue weighted by Gasteiger charge is -2.45. The van der Waals surface area contributed by atoms with Crippen molar-refractivity contribution in [2.24, 2.45) is 17.6 Å². The first-order valence-electron chi connectivity index (χ1n) is 7.91. The molecule has 0 amide bonds. The van der Waals surface area contributed by atoms with Crippen LogP contribution in [0.1, 0.15) is 39.5 Å². The Morgan fingerprint density at radius 2 is 1.83 bits per heavy atom. The van der Waals surface area contributed by atoms with Crippen molar-refractivity contribution in [3.8, 4) is 0 Å². The number of piperazine rings is 1. The first-order chi connectivity index (χ1) is 8.74. The van der Waals surface area contributed by atoms with Gasteiger partial charge in [-0.05, 0) is 44.2 Å². The van der Waals surface area contributed by atoms with E-state index in [4.69, 9.17) is 5.73 Å². The predicted octanol–water partition coefficient (Wildman–Crippen LogP) is 1.78. The van der Waals surface area contributed by atoms with Crippen LogP contribution in [0.5, 0.6) is 0 Å². The molecule has 3 atom stereocenters. The summed E-state index contributed by atoms with van der Waals surface area (Å²) in [6.45, 7) is 11.9. The highest BCUT2D eigenvalue weighted by Crippen LogP contribution is 2.32. The van der Waals surface area contributed by atoms with Gasteiger partial charge in [-0.3, -0.25) is 4.90 Å². The van der Waals surface area contributed by atoms with Crippen LogP contribution in [0.25, 0.3) is 0 Å². The largest absolute Gasteiger partial charge is 0.330 e. The normalized spacial score (nSPS) is 35.8. The highest BCUT2D eigenvalue weighted by atomic mass is 15.3. The van der Waals surface area contributed by atoms with Gasteiger partial charge in [0.05, 0.1) is 0 Å². The van der Waals surface area contributed by atoms with Gasteiger partial charge < -0.3 is 10.6 Å². The molecule has 2 rings (SSSR count). The van der Waals surface area contributed by atoms with Crippen LogP contribution in [0.4, 0.5) is 0 Å². The summed E-state index contributed by atoms with van der Waals surface area (Å²) in [5, 5.41) is 0. The van der Waals surface area contributed by atoms with Crippen LogP contribution in [0.15, 0.2) is 0 Å². The highest BCUT2D eigenvalue weighted by Gasteiger charge is 2.33. The average Bonchev–Trinajstić information content (AvgIpc) is 2.40. The molecule has 1 saturated heterocycles. The number of nitrogens with zero attached hydrogens (tertiary/aromatic N) is 2. The molecule has 18 heavy (non-hydrogen) atoms. The van der Waals surface area contributed by atoms with Crippen molar-refractivity contribution in [2.75, 3.05) is 39.3 Å². The third-order valence-corrected chi connectivity index (χ3v) is 4.94. The van der Waals surface area contributed by atoms with Crippen molar-refractivity contribution in [1.29, 1.82) is 0 Å². The number of rotatable bonds is 4. The first kappa shape index (κ1) is 14.3. The molecule has 0 aromatic heterocycles. The van der Waals surface area contributed by atoms with E-state index in [1.54, 1.807) is 0 Å². The number of hydrogen-bond donors (Lipinski definition) is 1. The van der Waals surface area contributed by atoms with E-state index in [2.05, 4.69) is 23.6 Å². The molecule has 3 nitrogen and oxygen atoms in total. The molecule has 1 saturated carbocycles. The molecular weight excluding hydrogens is 222 g/mol. The van der Waals surface area contributed by atoms with Crippen LogP contribution in [-0.4, -0.2) is 55.1 Å². The van der Waals surface area contributed by atoms with Crippen molar-refractivity contribution in [1.82, 2.24) is 9.80 Å². The Labute approximate surface area is 113 Å². The summed E-state index contributed by atoms with van der Waals surface area (Å²) < 4.78 is 0. The summed E-state index contributed by atoms with van der Waals surface area (Å²) in [7, 11) is 0. The monoisotopic (exact) mass is 253 g/mol. The molecular formula is C15H31N3. The molecule has 1 aliphatic carbocycles. The third kappa shape index (κ3) is 3.46. The zero-order valence-corrected chi connectivity index (χ0v) is 12.3. The lowest BCUT2D eigenvalue weighted by molar-refractivity contribution is 0.0399. The van der Waals surface area contributed by atoms with Gasteiger partial charge in [-0.2, -0.15) is 0 Å². The topological polar surface area (TPSA) is 32.5 Å². The van der Waals surface area contributed by atoms with E-state index in [0.29, 0.717) is 0 Å². The maximum absolute atomic E-state index is 5.98. The fraction of sp³-hybridized carbons (Fsp3) is 1.00. The van der Waals surface area contributed by atoms with Crippen LogP contribution in [0, 0.1) is 11.8 Å². The zero-order chi connectivity index (χ0) is 13.0. The van der Waals surface area contributed by atoms with E-state index in [1.807, 2.05) is 0 Å². The van der Waals surface area contributed by atoms with Crippen LogP contribution in [0.2, 0.25) is 0 Å². The van der Waals surface area contributed by atoms with Gasteiger partial charge >= 0.3 is 0 Å². The molecule has 2 aliphatic rings. The Morgan fingerprint density at radius 3 is 2.44 bits per heavy atom. The van der Waals surface area contributed by atoms with E-state index in [-0.39, 0.29) is 0 Å². The molecule has 0 aromatic carbocycles.